The number of rotatable bonds is 6. The van der Waals surface area contributed by atoms with Gasteiger partial charge in [-0.15, -0.1) is 0 Å². The number of thioether (sulfide) groups is 1. The Hall–Kier alpha value is -3.83. The molecule has 2 amide bonds. The lowest BCUT2D eigenvalue weighted by Gasteiger charge is -2.14. The molecule has 1 aliphatic rings. The molecule has 0 saturated carbocycles. The molecule has 4 aromatic carbocycles. The van der Waals surface area contributed by atoms with E-state index in [2.05, 4.69) is 12.1 Å². The summed E-state index contributed by atoms with van der Waals surface area (Å²) in [5.74, 6) is 0.389. The quantitative estimate of drug-likeness (QED) is 0.289. The zero-order chi connectivity index (χ0) is 23.5. The number of aryl methyl sites for hydroxylation is 1. The fraction of sp³-hybridized carbons (Fsp3) is 0.103. The second-order valence-electron chi connectivity index (χ2n) is 8.22. The van der Waals surface area contributed by atoms with E-state index in [0.717, 1.165) is 39.2 Å². The van der Waals surface area contributed by atoms with Gasteiger partial charge in [0.15, 0.2) is 0 Å². The fourth-order valence-electron chi connectivity index (χ4n) is 3.95. The maximum absolute atomic E-state index is 13.2. The smallest absolute Gasteiger partial charge is 0.293 e. The van der Waals surface area contributed by atoms with Gasteiger partial charge in [-0.25, -0.2) is 0 Å². The van der Waals surface area contributed by atoms with Gasteiger partial charge >= 0.3 is 0 Å². The van der Waals surface area contributed by atoms with Gasteiger partial charge in [-0.1, -0.05) is 90.5 Å². The number of carbonyl (C=O) groups is 2. The predicted octanol–water partition coefficient (Wildman–Crippen LogP) is 6.96. The minimum atomic E-state index is -0.281. The average Bonchev–Trinajstić information content (AvgIpc) is 3.12. The summed E-state index contributed by atoms with van der Waals surface area (Å²) in [5.41, 5.74) is 3.98. The minimum Gasteiger partial charge on any atom is -0.488 e. The first kappa shape index (κ1) is 22.0. The molecule has 5 heteroatoms. The molecule has 0 aliphatic carbocycles. The van der Waals surface area contributed by atoms with Gasteiger partial charge in [-0.3, -0.25) is 14.5 Å². The Morgan fingerprint density at radius 1 is 0.853 bits per heavy atom. The van der Waals surface area contributed by atoms with Crippen molar-refractivity contribution in [3.05, 3.63) is 118 Å². The van der Waals surface area contributed by atoms with E-state index in [1.165, 1.54) is 10.5 Å². The zero-order valence-corrected chi connectivity index (χ0v) is 19.5. The summed E-state index contributed by atoms with van der Waals surface area (Å²) in [5, 5.41) is 1.87. The summed E-state index contributed by atoms with van der Waals surface area (Å²) >= 11 is 0.969. The van der Waals surface area contributed by atoms with Crippen LogP contribution >= 0.6 is 11.8 Å². The first-order valence-electron chi connectivity index (χ1n) is 11.1. The van der Waals surface area contributed by atoms with E-state index in [9.17, 15) is 9.59 Å². The molecule has 5 rings (SSSR count). The maximum atomic E-state index is 13.2. The Balaban J connectivity index is 1.36. The second kappa shape index (κ2) is 9.57. The van der Waals surface area contributed by atoms with Gasteiger partial charge in [0.1, 0.15) is 12.4 Å². The number of nitrogens with zero attached hydrogens (tertiary/aromatic N) is 1. The second-order valence-corrected chi connectivity index (χ2v) is 9.21. The normalized spacial score (nSPS) is 14.9. The standard InChI is InChI=1S/C29H23NO3S/c1-20-13-15-21(16-14-20)19-33-26-12-5-3-8-23(26)17-27-28(31)30(29(32)34-27)18-24-10-6-9-22-7-2-4-11-25(22)24/h2-17H,18-19H2,1H3/b27-17+. The molecule has 4 nitrogen and oxygen atoms in total. The first-order valence-corrected chi connectivity index (χ1v) is 11.9. The highest BCUT2D eigenvalue weighted by molar-refractivity contribution is 8.18. The Morgan fingerprint density at radius 3 is 2.44 bits per heavy atom. The lowest BCUT2D eigenvalue weighted by Crippen LogP contribution is -2.27. The number of amides is 2. The third-order valence-corrected chi connectivity index (χ3v) is 6.71. The molecule has 1 aliphatic heterocycles. The molecule has 0 aromatic heterocycles. The van der Waals surface area contributed by atoms with E-state index in [4.69, 9.17) is 4.74 Å². The Bertz CT molecular complexity index is 1400. The van der Waals surface area contributed by atoms with Crippen molar-refractivity contribution in [2.45, 2.75) is 20.1 Å². The average molecular weight is 466 g/mol. The van der Waals surface area contributed by atoms with Gasteiger partial charge in [0.2, 0.25) is 0 Å². The van der Waals surface area contributed by atoms with Crippen LogP contribution in [0.15, 0.2) is 95.9 Å². The summed E-state index contributed by atoms with van der Waals surface area (Å²) in [6.07, 6.45) is 1.75. The molecule has 0 unspecified atom stereocenters. The number of benzene rings is 4. The molecule has 0 N–H and O–H groups in total. The molecular weight excluding hydrogens is 442 g/mol. The van der Waals surface area contributed by atoms with Crippen LogP contribution in [0.25, 0.3) is 16.8 Å². The summed E-state index contributed by atoms with van der Waals surface area (Å²) in [4.78, 5) is 27.6. The van der Waals surface area contributed by atoms with E-state index < -0.39 is 0 Å². The molecule has 0 bridgehead atoms. The molecule has 1 fully saturated rings. The van der Waals surface area contributed by atoms with Crippen molar-refractivity contribution in [1.29, 1.82) is 0 Å². The molecule has 0 spiro atoms. The largest absolute Gasteiger partial charge is 0.488 e. The molecule has 0 atom stereocenters. The number of hydrogen-bond donors (Lipinski definition) is 0. The highest BCUT2D eigenvalue weighted by atomic mass is 32.2. The van der Waals surface area contributed by atoms with Crippen LogP contribution in [0.2, 0.25) is 0 Å². The van der Waals surface area contributed by atoms with Crippen molar-refractivity contribution in [2.24, 2.45) is 0 Å². The lowest BCUT2D eigenvalue weighted by atomic mass is 10.0. The monoisotopic (exact) mass is 465 g/mol. The molecular formula is C29H23NO3S. The highest BCUT2D eigenvalue weighted by Gasteiger charge is 2.35. The number of imide groups is 1. The van der Waals surface area contributed by atoms with Crippen molar-refractivity contribution >= 4 is 39.8 Å². The number of hydrogen-bond acceptors (Lipinski definition) is 4. The van der Waals surface area contributed by atoms with Gasteiger partial charge in [0.05, 0.1) is 11.4 Å². The van der Waals surface area contributed by atoms with Gasteiger partial charge in [0, 0.05) is 5.56 Å². The van der Waals surface area contributed by atoms with Crippen LogP contribution < -0.4 is 4.74 Å². The minimum absolute atomic E-state index is 0.245. The third kappa shape index (κ3) is 4.61. The van der Waals surface area contributed by atoms with Crippen molar-refractivity contribution in [2.75, 3.05) is 0 Å². The van der Waals surface area contributed by atoms with Crippen LogP contribution in [0.1, 0.15) is 22.3 Å². The third-order valence-electron chi connectivity index (χ3n) is 5.80. The number of para-hydroxylation sites is 1. The van der Waals surface area contributed by atoms with Crippen LogP contribution in [0.4, 0.5) is 4.79 Å². The molecule has 0 radical (unpaired) electrons. The van der Waals surface area contributed by atoms with E-state index in [1.54, 1.807) is 6.08 Å². The summed E-state index contributed by atoms with van der Waals surface area (Å²) in [6, 6.07) is 29.7. The molecule has 1 saturated heterocycles. The van der Waals surface area contributed by atoms with Crippen LogP contribution in [0.3, 0.4) is 0 Å². The van der Waals surface area contributed by atoms with Crippen molar-refractivity contribution in [1.82, 2.24) is 4.90 Å². The summed E-state index contributed by atoms with van der Waals surface area (Å²) < 4.78 is 6.04. The Kier molecular flexibility index (Phi) is 6.19. The molecule has 34 heavy (non-hydrogen) atoms. The predicted molar refractivity (Wildman–Crippen MR) is 137 cm³/mol. The number of ether oxygens (including phenoxy) is 1. The van der Waals surface area contributed by atoms with Gasteiger partial charge in [-0.2, -0.15) is 0 Å². The maximum Gasteiger partial charge on any atom is 0.293 e. The van der Waals surface area contributed by atoms with Crippen molar-refractivity contribution in [3.8, 4) is 5.75 Å². The fourth-order valence-corrected chi connectivity index (χ4v) is 4.78. The van der Waals surface area contributed by atoms with Gasteiger partial charge in [0.25, 0.3) is 11.1 Å². The van der Waals surface area contributed by atoms with Crippen LogP contribution in [0.5, 0.6) is 5.75 Å². The molecule has 1 heterocycles. The topological polar surface area (TPSA) is 46.6 Å². The SMILES string of the molecule is Cc1ccc(COc2ccccc2/C=C2/SC(=O)N(Cc3cccc4ccccc34)C2=O)cc1. The Morgan fingerprint density at radius 2 is 1.59 bits per heavy atom. The van der Waals surface area contributed by atoms with E-state index in [-0.39, 0.29) is 17.7 Å². The zero-order valence-electron chi connectivity index (χ0n) is 18.7. The van der Waals surface area contributed by atoms with Crippen molar-refractivity contribution in [3.63, 3.8) is 0 Å². The van der Waals surface area contributed by atoms with Crippen LogP contribution in [-0.2, 0) is 17.9 Å². The highest BCUT2D eigenvalue weighted by Crippen LogP contribution is 2.35. The van der Waals surface area contributed by atoms with Gasteiger partial charge in [-0.05, 0) is 52.7 Å². The lowest BCUT2D eigenvalue weighted by molar-refractivity contribution is -0.123. The van der Waals surface area contributed by atoms with E-state index in [1.807, 2.05) is 85.8 Å². The number of fused-ring (bicyclic) bond motifs is 1. The van der Waals surface area contributed by atoms with Crippen LogP contribution in [-0.4, -0.2) is 16.0 Å². The van der Waals surface area contributed by atoms with Crippen LogP contribution in [0, 0.1) is 6.92 Å². The van der Waals surface area contributed by atoms with Gasteiger partial charge < -0.3 is 4.74 Å². The Labute approximate surface area is 202 Å². The summed E-state index contributed by atoms with van der Waals surface area (Å²) in [7, 11) is 0. The van der Waals surface area contributed by atoms with E-state index >= 15 is 0 Å². The molecule has 4 aromatic rings. The number of carbonyl (C=O) groups excluding carboxylic acids is 2. The molecule has 168 valence electrons. The summed E-state index contributed by atoms with van der Waals surface area (Å²) in [6.45, 7) is 2.72. The van der Waals surface area contributed by atoms with Crippen molar-refractivity contribution < 1.29 is 14.3 Å². The first-order chi connectivity index (χ1) is 16.6. The van der Waals surface area contributed by atoms with E-state index in [0.29, 0.717) is 17.3 Å².